The summed E-state index contributed by atoms with van der Waals surface area (Å²) in [7, 11) is 0. The second-order valence-electron chi connectivity index (χ2n) is 4.19. The summed E-state index contributed by atoms with van der Waals surface area (Å²) in [6.07, 6.45) is 4.41. The predicted molar refractivity (Wildman–Crippen MR) is 57.1 cm³/mol. The van der Waals surface area contributed by atoms with Crippen LogP contribution in [-0.2, 0) is 4.79 Å². The minimum Gasteiger partial charge on any atom is -0.469 e. The first kappa shape index (κ1) is 9.46. The summed E-state index contributed by atoms with van der Waals surface area (Å²) in [6.45, 7) is 0. The van der Waals surface area contributed by atoms with Crippen LogP contribution in [0.2, 0.25) is 0 Å². The van der Waals surface area contributed by atoms with Crippen LogP contribution in [0.3, 0.4) is 0 Å². The summed E-state index contributed by atoms with van der Waals surface area (Å²) in [5.41, 5.74) is 0. The van der Waals surface area contributed by atoms with Crippen LogP contribution in [0.15, 0.2) is 45.6 Å². The summed E-state index contributed by atoms with van der Waals surface area (Å²) in [4.78, 5) is 11.6. The smallest absolute Gasteiger partial charge is 0.134 e. The molecule has 2 atom stereocenters. The van der Waals surface area contributed by atoms with E-state index in [-0.39, 0.29) is 17.6 Å². The first-order valence-electron chi connectivity index (χ1n) is 5.43. The number of ketones is 1. The molecule has 0 aliphatic heterocycles. The Hall–Kier alpha value is -1.77. The standard InChI is InChI=1S/C13H12O3/c14-9-7-10(12-3-1-5-15-12)11(8-9)13-4-2-6-16-13/h1-6,10-11H,7-8H2/t10-,11-/m1/s1. The Morgan fingerprint density at radius 3 is 1.81 bits per heavy atom. The first-order chi connectivity index (χ1) is 7.84. The lowest BCUT2D eigenvalue weighted by molar-refractivity contribution is -0.117. The molecule has 1 aliphatic rings. The van der Waals surface area contributed by atoms with Crippen molar-refractivity contribution in [1.82, 2.24) is 0 Å². The molecule has 1 aliphatic carbocycles. The zero-order valence-corrected chi connectivity index (χ0v) is 8.76. The van der Waals surface area contributed by atoms with Gasteiger partial charge in [0.05, 0.1) is 12.5 Å². The third-order valence-corrected chi connectivity index (χ3v) is 3.20. The van der Waals surface area contributed by atoms with Gasteiger partial charge in [0.15, 0.2) is 0 Å². The van der Waals surface area contributed by atoms with Gasteiger partial charge in [0, 0.05) is 24.7 Å². The number of Topliss-reactive ketones (excluding diaryl/α,β-unsaturated/α-hetero) is 1. The van der Waals surface area contributed by atoms with Crippen molar-refractivity contribution in [1.29, 1.82) is 0 Å². The molecule has 82 valence electrons. The minimum absolute atomic E-state index is 0.133. The van der Waals surface area contributed by atoms with Gasteiger partial charge in [-0.2, -0.15) is 0 Å². The van der Waals surface area contributed by atoms with Gasteiger partial charge in [-0.3, -0.25) is 4.79 Å². The zero-order chi connectivity index (χ0) is 11.0. The molecule has 0 radical (unpaired) electrons. The van der Waals surface area contributed by atoms with E-state index in [9.17, 15) is 4.79 Å². The summed E-state index contributed by atoms with van der Waals surface area (Å²) in [5.74, 6) is 2.31. The van der Waals surface area contributed by atoms with Crippen LogP contribution in [0, 0.1) is 0 Å². The van der Waals surface area contributed by atoms with Crippen LogP contribution in [0.4, 0.5) is 0 Å². The Labute approximate surface area is 93.1 Å². The SMILES string of the molecule is O=C1C[C@@H](c2ccco2)[C@H](c2ccco2)C1. The van der Waals surface area contributed by atoms with Crippen molar-refractivity contribution in [3.63, 3.8) is 0 Å². The number of hydrogen-bond acceptors (Lipinski definition) is 3. The number of carbonyl (C=O) groups excluding carboxylic acids is 1. The monoisotopic (exact) mass is 216 g/mol. The van der Waals surface area contributed by atoms with Gasteiger partial charge in [0.25, 0.3) is 0 Å². The fourth-order valence-corrected chi connectivity index (χ4v) is 2.46. The molecule has 3 rings (SSSR count). The molecule has 2 aromatic heterocycles. The lowest BCUT2D eigenvalue weighted by Gasteiger charge is -2.13. The van der Waals surface area contributed by atoms with Crippen molar-refractivity contribution in [2.24, 2.45) is 0 Å². The van der Waals surface area contributed by atoms with E-state index in [1.807, 2.05) is 24.3 Å². The molecule has 2 aromatic rings. The Morgan fingerprint density at radius 1 is 0.938 bits per heavy atom. The van der Waals surface area contributed by atoms with E-state index in [4.69, 9.17) is 8.83 Å². The lowest BCUT2D eigenvalue weighted by Crippen LogP contribution is -2.02. The second kappa shape index (κ2) is 3.67. The largest absolute Gasteiger partial charge is 0.469 e. The maximum absolute atomic E-state index is 11.6. The highest BCUT2D eigenvalue weighted by Crippen LogP contribution is 2.44. The Balaban J connectivity index is 1.95. The van der Waals surface area contributed by atoms with E-state index >= 15 is 0 Å². The molecule has 0 unspecified atom stereocenters. The normalized spacial score (nSPS) is 25.1. The molecular weight excluding hydrogens is 204 g/mol. The summed E-state index contributed by atoms with van der Waals surface area (Å²) >= 11 is 0. The summed E-state index contributed by atoms with van der Waals surface area (Å²) < 4.78 is 10.8. The summed E-state index contributed by atoms with van der Waals surface area (Å²) in [6, 6.07) is 7.58. The highest BCUT2D eigenvalue weighted by atomic mass is 16.3. The number of carbonyl (C=O) groups is 1. The predicted octanol–water partition coefficient (Wildman–Crippen LogP) is 3.10. The van der Waals surface area contributed by atoms with Gasteiger partial charge < -0.3 is 8.83 Å². The zero-order valence-electron chi connectivity index (χ0n) is 8.76. The molecule has 0 bridgehead atoms. The third-order valence-electron chi connectivity index (χ3n) is 3.20. The molecule has 3 nitrogen and oxygen atoms in total. The van der Waals surface area contributed by atoms with Gasteiger partial charge in [-0.25, -0.2) is 0 Å². The van der Waals surface area contributed by atoms with Gasteiger partial charge in [-0.15, -0.1) is 0 Å². The molecule has 0 N–H and O–H groups in total. The van der Waals surface area contributed by atoms with Gasteiger partial charge >= 0.3 is 0 Å². The van der Waals surface area contributed by atoms with Crippen LogP contribution in [0.25, 0.3) is 0 Å². The molecule has 0 amide bonds. The molecule has 1 saturated carbocycles. The van der Waals surface area contributed by atoms with E-state index in [1.165, 1.54) is 0 Å². The topological polar surface area (TPSA) is 43.4 Å². The van der Waals surface area contributed by atoms with Crippen LogP contribution < -0.4 is 0 Å². The van der Waals surface area contributed by atoms with Crippen molar-refractivity contribution >= 4 is 5.78 Å². The average molecular weight is 216 g/mol. The van der Waals surface area contributed by atoms with Gasteiger partial charge in [0.1, 0.15) is 17.3 Å². The average Bonchev–Trinajstić information content (AvgIpc) is 2.98. The molecule has 2 heterocycles. The first-order valence-corrected chi connectivity index (χ1v) is 5.43. The highest BCUT2D eigenvalue weighted by Gasteiger charge is 2.38. The fraction of sp³-hybridized carbons (Fsp3) is 0.308. The van der Waals surface area contributed by atoms with Crippen LogP contribution in [-0.4, -0.2) is 5.78 Å². The van der Waals surface area contributed by atoms with E-state index in [1.54, 1.807) is 12.5 Å². The van der Waals surface area contributed by atoms with E-state index in [0.717, 1.165) is 11.5 Å². The second-order valence-corrected chi connectivity index (χ2v) is 4.19. The van der Waals surface area contributed by atoms with Gasteiger partial charge in [0.2, 0.25) is 0 Å². The van der Waals surface area contributed by atoms with Crippen molar-refractivity contribution < 1.29 is 13.6 Å². The minimum atomic E-state index is 0.133. The maximum Gasteiger partial charge on any atom is 0.134 e. The lowest BCUT2D eigenvalue weighted by atomic mass is 9.92. The molecule has 3 heteroatoms. The Kier molecular flexibility index (Phi) is 2.17. The molecule has 0 spiro atoms. The number of hydrogen-bond donors (Lipinski definition) is 0. The van der Waals surface area contributed by atoms with Crippen molar-refractivity contribution in [2.45, 2.75) is 24.7 Å². The van der Waals surface area contributed by atoms with Crippen LogP contribution >= 0.6 is 0 Å². The third kappa shape index (κ3) is 1.48. The van der Waals surface area contributed by atoms with Crippen LogP contribution in [0.5, 0.6) is 0 Å². The molecule has 0 aromatic carbocycles. The number of rotatable bonds is 2. The van der Waals surface area contributed by atoms with Crippen molar-refractivity contribution in [3.05, 3.63) is 48.3 Å². The van der Waals surface area contributed by atoms with E-state index in [2.05, 4.69) is 0 Å². The Morgan fingerprint density at radius 2 is 1.44 bits per heavy atom. The summed E-state index contributed by atoms with van der Waals surface area (Å²) in [5, 5.41) is 0. The van der Waals surface area contributed by atoms with Gasteiger partial charge in [-0.05, 0) is 24.3 Å². The fourth-order valence-electron chi connectivity index (χ4n) is 2.46. The van der Waals surface area contributed by atoms with Gasteiger partial charge in [-0.1, -0.05) is 0 Å². The molecule has 1 fully saturated rings. The van der Waals surface area contributed by atoms with E-state index < -0.39 is 0 Å². The number of furan rings is 2. The molecule has 16 heavy (non-hydrogen) atoms. The molecule has 0 saturated heterocycles. The van der Waals surface area contributed by atoms with Crippen molar-refractivity contribution in [2.75, 3.05) is 0 Å². The molecular formula is C13H12O3. The van der Waals surface area contributed by atoms with Crippen LogP contribution in [0.1, 0.15) is 36.2 Å². The van der Waals surface area contributed by atoms with Crippen molar-refractivity contribution in [3.8, 4) is 0 Å². The quantitative estimate of drug-likeness (QED) is 0.774. The Bertz CT molecular complexity index is 423. The highest BCUT2D eigenvalue weighted by molar-refractivity contribution is 5.83. The maximum atomic E-state index is 11.6. The van der Waals surface area contributed by atoms with E-state index in [0.29, 0.717) is 12.8 Å².